The van der Waals surface area contributed by atoms with Gasteiger partial charge in [-0.05, 0) is 39.8 Å². The molecule has 0 atom stereocenters. The fourth-order valence-corrected chi connectivity index (χ4v) is 3.60. The average Bonchev–Trinajstić information content (AvgIpc) is 3.14. The fraction of sp³-hybridized carbons (Fsp3) is 0.529. The third-order valence-electron chi connectivity index (χ3n) is 3.68. The minimum absolute atomic E-state index is 0.0862. The molecule has 0 fully saturated rings. The molecule has 0 aliphatic carbocycles. The molecule has 2 aromatic heterocycles. The smallest absolute Gasteiger partial charge is 0.233 e. The summed E-state index contributed by atoms with van der Waals surface area (Å²) in [7, 11) is 0. The summed E-state index contributed by atoms with van der Waals surface area (Å²) in [5, 5.41) is 10.2. The van der Waals surface area contributed by atoms with Crippen LogP contribution in [0.1, 0.15) is 39.1 Å². The highest BCUT2D eigenvalue weighted by Crippen LogP contribution is 2.22. The summed E-state index contributed by atoms with van der Waals surface area (Å²) >= 11 is 1.38. The molecule has 6 nitrogen and oxygen atoms in total. The van der Waals surface area contributed by atoms with Gasteiger partial charge in [0.05, 0.1) is 37.1 Å². The Balaban J connectivity index is 2.09. The van der Waals surface area contributed by atoms with Crippen LogP contribution in [-0.2, 0) is 17.9 Å². The van der Waals surface area contributed by atoms with Crippen LogP contribution in [0, 0.1) is 0 Å². The van der Waals surface area contributed by atoms with Crippen molar-refractivity contribution in [1.29, 1.82) is 0 Å². The molecule has 7 heteroatoms. The molecule has 0 aromatic carbocycles. The van der Waals surface area contributed by atoms with Crippen LogP contribution in [-0.4, -0.2) is 43.3 Å². The molecule has 2 rings (SSSR count). The summed E-state index contributed by atoms with van der Waals surface area (Å²) in [6, 6.07) is 4.02. The number of carbonyl (C=O) groups is 1. The second-order valence-corrected chi connectivity index (χ2v) is 7.08. The van der Waals surface area contributed by atoms with Gasteiger partial charge in [-0.2, -0.15) is 0 Å². The zero-order chi connectivity index (χ0) is 17.7. The van der Waals surface area contributed by atoms with E-state index in [9.17, 15) is 9.90 Å². The van der Waals surface area contributed by atoms with Gasteiger partial charge < -0.3 is 19.0 Å². The van der Waals surface area contributed by atoms with Crippen molar-refractivity contribution in [3.63, 3.8) is 0 Å². The van der Waals surface area contributed by atoms with E-state index < -0.39 is 0 Å². The number of aromatic nitrogens is 2. The number of furan rings is 1. The zero-order valence-electron chi connectivity index (χ0n) is 14.6. The van der Waals surface area contributed by atoms with Gasteiger partial charge in [-0.3, -0.25) is 4.79 Å². The normalized spacial score (nSPS) is 11.5. The molecule has 0 aliphatic rings. The molecular weight excluding hydrogens is 326 g/mol. The highest BCUT2D eigenvalue weighted by atomic mass is 32.2. The lowest BCUT2D eigenvalue weighted by Crippen LogP contribution is -2.43. The molecule has 0 spiro atoms. The lowest BCUT2D eigenvalue weighted by molar-refractivity contribution is -0.131. The van der Waals surface area contributed by atoms with E-state index in [2.05, 4.69) is 4.98 Å². The van der Waals surface area contributed by atoms with Gasteiger partial charge in [-0.1, -0.05) is 11.8 Å². The number of aliphatic hydroxyl groups excluding tert-OH is 1. The first-order valence-electron chi connectivity index (χ1n) is 8.05. The Morgan fingerprint density at radius 2 is 2.08 bits per heavy atom. The summed E-state index contributed by atoms with van der Waals surface area (Å²) < 4.78 is 7.25. The Morgan fingerprint density at radius 3 is 2.62 bits per heavy atom. The Hall–Kier alpha value is -1.73. The predicted molar refractivity (Wildman–Crippen MR) is 93.8 cm³/mol. The molecule has 1 N–H and O–H groups in total. The lowest BCUT2D eigenvalue weighted by Gasteiger charge is -2.30. The van der Waals surface area contributed by atoms with Gasteiger partial charge in [0.25, 0.3) is 0 Å². The summed E-state index contributed by atoms with van der Waals surface area (Å²) in [6.07, 6.45) is 3.25. The van der Waals surface area contributed by atoms with Crippen LogP contribution in [0.5, 0.6) is 0 Å². The van der Waals surface area contributed by atoms with Crippen molar-refractivity contribution >= 4 is 17.7 Å². The van der Waals surface area contributed by atoms with E-state index in [1.807, 2.05) is 49.3 Å². The van der Waals surface area contributed by atoms with E-state index in [1.54, 1.807) is 12.5 Å². The second-order valence-electron chi connectivity index (χ2n) is 6.13. The zero-order valence-corrected chi connectivity index (χ0v) is 15.4. The molecule has 0 unspecified atom stereocenters. The Bertz CT molecular complexity index is 642. The molecular formula is C17H25N3O3S. The molecule has 0 radical (unpaired) electrons. The minimum atomic E-state index is -0.105. The average molecular weight is 351 g/mol. The van der Waals surface area contributed by atoms with E-state index in [-0.39, 0.29) is 24.6 Å². The van der Waals surface area contributed by atoms with Crippen LogP contribution >= 0.6 is 11.8 Å². The summed E-state index contributed by atoms with van der Waals surface area (Å²) in [5.41, 5.74) is 0.700. The minimum Gasteiger partial charge on any atom is -0.467 e. The standard InChI is InChI=1S/C17H25N3O3S/c1-12(2)20(13(3)4)16(22)11-24-17-18-8-14(10-21)19(17)9-15-6-5-7-23-15/h5-8,12-13,21H,9-11H2,1-4H3. The van der Waals surface area contributed by atoms with E-state index in [4.69, 9.17) is 4.42 Å². The van der Waals surface area contributed by atoms with Crippen molar-refractivity contribution in [1.82, 2.24) is 14.5 Å². The number of hydrogen-bond donors (Lipinski definition) is 1. The third-order valence-corrected chi connectivity index (χ3v) is 4.66. The van der Waals surface area contributed by atoms with Gasteiger partial charge in [0.15, 0.2) is 5.16 Å². The van der Waals surface area contributed by atoms with Crippen LogP contribution in [0.15, 0.2) is 34.2 Å². The number of imidazole rings is 1. The topological polar surface area (TPSA) is 71.5 Å². The highest BCUT2D eigenvalue weighted by molar-refractivity contribution is 7.99. The van der Waals surface area contributed by atoms with Crippen molar-refractivity contribution in [2.24, 2.45) is 0 Å². The summed E-state index contributed by atoms with van der Waals surface area (Å²) in [6.45, 7) is 8.45. The maximum absolute atomic E-state index is 12.5. The number of nitrogens with zero attached hydrogens (tertiary/aromatic N) is 3. The quantitative estimate of drug-likeness (QED) is 0.741. The second kappa shape index (κ2) is 8.39. The van der Waals surface area contributed by atoms with Gasteiger partial charge in [0.1, 0.15) is 5.76 Å². The molecule has 0 bridgehead atoms. The van der Waals surface area contributed by atoms with Crippen molar-refractivity contribution in [3.8, 4) is 0 Å². The van der Waals surface area contributed by atoms with Crippen molar-refractivity contribution in [3.05, 3.63) is 36.0 Å². The van der Waals surface area contributed by atoms with Gasteiger partial charge in [0, 0.05) is 12.1 Å². The number of amides is 1. The van der Waals surface area contributed by atoms with Crippen LogP contribution in [0.4, 0.5) is 0 Å². The molecule has 132 valence electrons. The highest BCUT2D eigenvalue weighted by Gasteiger charge is 2.21. The molecule has 0 aliphatic heterocycles. The first-order chi connectivity index (χ1) is 11.4. The Morgan fingerprint density at radius 1 is 1.38 bits per heavy atom. The van der Waals surface area contributed by atoms with E-state index in [0.717, 1.165) is 5.76 Å². The SMILES string of the molecule is CC(C)N(C(=O)CSc1ncc(CO)n1Cc1ccco1)C(C)C. The number of aliphatic hydroxyl groups is 1. The largest absolute Gasteiger partial charge is 0.467 e. The summed E-state index contributed by atoms with van der Waals surface area (Å²) in [5.74, 6) is 1.18. The molecule has 24 heavy (non-hydrogen) atoms. The van der Waals surface area contributed by atoms with E-state index >= 15 is 0 Å². The molecule has 1 amide bonds. The van der Waals surface area contributed by atoms with Gasteiger partial charge in [-0.15, -0.1) is 0 Å². The molecule has 2 heterocycles. The van der Waals surface area contributed by atoms with Crippen LogP contribution in [0.3, 0.4) is 0 Å². The monoisotopic (exact) mass is 351 g/mol. The predicted octanol–water partition coefficient (Wildman–Crippen LogP) is 2.75. The van der Waals surface area contributed by atoms with Crippen LogP contribution in [0.25, 0.3) is 0 Å². The molecule has 2 aromatic rings. The Labute approximate surface area is 146 Å². The number of hydrogen-bond acceptors (Lipinski definition) is 5. The fourth-order valence-electron chi connectivity index (χ4n) is 2.73. The van der Waals surface area contributed by atoms with Crippen molar-refractivity contribution in [2.75, 3.05) is 5.75 Å². The van der Waals surface area contributed by atoms with Crippen molar-refractivity contribution in [2.45, 2.75) is 58.1 Å². The van der Waals surface area contributed by atoms with Gasteiger partial charge in [-0.25, -0.2) is 4.98 Å². The third kappa shape index (κ3) is 4.42. The van der Waals surface area contributed by atoms with Gasteiger partial charge in [0.2, 0.25) is 5.91 Å². The van der Waals surface area contributed by atoms with E-state index in [0.29, 0.717) is 23.1 Å². The maximum Gasteiger partial charge on any atom is 0.233 e. The van der Waals surface area contributed by atoms with Gasteiger partial charge >= 0.3 is 0 Å². The number of rotatable bonds is 8. The van der Waals surface area contributed by atoms with E-state index in [1.165, 1.54) is 11.8 Å². The molecule has 0 saturated heterocycles. The molecule has 0 saturated carbocycles. The number of carbonyl (C=O) groups excluding carboxylic acids is 1. The number of thioether (sulfide) groups is 1. The van der Waals surface area contributed by atoms with Crippen LogP contribution < -0.4 is 0 Å². The summed E-state index contributed by atoms with van der Waals surface area (Å²) in [4.78, 5) is 18.7. The first kappa shape index (κ1) is 18.6. The first-order valence-corrected chi connectivity index (χ1v) is 9.04. The lowest BCUT2D eigenvalue weighted by atomic mass is 10.2. The maximum atomic E-state index is 12.5. The van der Waals surface area contributed by atoms with Crippen LogP contribution in [0.2, 0.25) is 0 Å². The Kier molecular flexibility index (Phi) is 6.51. The van der Waals surface area contributed by atoms with Crippen molar-refractivity contribution < 1.29 is 14.3 Å².